The van der Waals surface area contributed by atoms with Gasteiger partial charge in [0.25, 0.3) is 0 Å². The summed E-state index contributed by atoms with van der Waals surface area (Å²) in [5.41, 5.74) is 16.4. The normalized spacial score (nSPS) is 17.4. The van der Waals surface area contributed by atoms with Gasteiger partial charge in [0, 0.05) is 13.1 Å². The van der Waals surface area contributed by atoms with E-state index in [1.165, 1.54) is 82.6 Å². The van der Waals surface area contributed by atoms with E-state index in [0.717, 1.165) is 28.5 Å². The Morgan fingerprint density at radius 1 is 0.800 bits per heavy atom. The van der Waals surface area contributed by atoms with Gasteiger partial charge >= 0.3 is 0 Å². The van der Waals surface area contributed by atoms with Crippen LogP contribution in [0.5, 0.6) is 0 Å². The first-order chi connectivity index (χ1) is 16.5. The Labute approximate surface area is 223 Å². The zero-order valence-electron chi connectivity index (χ0n) is 26.2. The molecule has 0 aromatic carbocycles. The van der Waals surface area contributed by atoms with Gasteiger partial charge in [-0.3, -0.25) is 4.99 Å². The van der Waals surface area contributed by atoms with Crippen LogP contribution in [0.2, 0.25) is 0 Å². The minimum Gasteiger partial charge on any atom is -0.397 e. The number of hydrogen-bond acceptors (Lipinski definition) is 3. The zero-order valence-corrected chi connectivity index (χ0v) is 26.2. The quantitative estimate of drug-likeness (QED) is 0.145. The molecule has 0 amide bonds. The lowest BCUT2D eigenvalue weighted by atomic mass is 9.85. The van der Waals surface area contributed by atoms with Crippen LogP contribution in [0.1, 0.15) is 146 Å². The highest BCUT2D eigenvalue weighted by Gasteiger charge is 2.15. The average molecular weight is 494 g/mol. The van der Waals surface area contributed by atoms with E-state index in [9.17, 15) is 0 Å². The molecule has 0 atom stereocenters. The first-order valence-electron chi connectivity index (χ1n) is 14.5. The van der Waals surface area contributed by atoms with Crippen molar-refractivity contribution in [3.63, 3.8) is 0 Å². The molecular weight excluding hydrogens is 426 g/mol. The van der Waals surface area contributed by atoms with Crippen LogP contribution in [0.15, 0.2) is 40.6 Å². The lowest BCUT2D eigenvalue weighted by Gasteiger charge is -2.24. The third-order valence-electron chi connectivity index (χ3n) is 6.15. The van der Waals surface area contributed by atoms with Crippen LogP contribution in [0, 0.1) is 5.92 Å². The Hall–Kier alpha value is -1.35. The molecule has 1 fully saturated rings. The fourth-order valence-electron chi connectivity index (χ4n) is 3.20. The van der Waals surface area contributed by atoms with Crippen LogP contribution in [0.25, 0.3) is 0 Å². The Morgan fingerprint density at radius 2 is 1.23 bits per heavy atom. The van der Waals surface area contributed by atoms with Crippen LogP contribution < -0.4 is 11.5 Å². The minimum atomic E-state index is 0.521. The smallest absolute Gasteiger partial charge is 0.0557 e. The summed E-state index contributed by atoms with van der Waals surface area (Å²) in [6.45, 7) is 28.4. The SMILES string of the molecule is C=C(C)/C(C)=C(/N)C(C)=NC.C=C(C)CCCC.CC.CCC1CCC(N)CC1.CCCCCC. The van der Waals surface area contributed by atoms with Crippen molar-refractivity contribution in [2.75, 3.05) is 7.05 Å². The van der Waals surface area contributed by atoms with Gasteiger partial charge < -0.3 is 11.5 Å². The molecule has 0 saturated heterocycles. The number of unbranched alkanes of at least 4 members (excludes halogenated alkanes) is 4. The molecule has 0 spiro atoms. The van der Waals surface area contributed by atoms with Gasteiger partial charge in [0.05, 0.1) is 11.4 Å². The molecule has 4 N–H and O–H groups in total. The largest absolute Gasteiger partial charge is 0.397 e. The van der Waals surface area contributed by atoms with Crippen molar-refractivity contribution in [3.8, 4) is 0 Å². The second-order valence-electron chi connectivity index (χ2n) is 9.58. The Bertz CT molecular complexity index is 531. The molecule has 1 saturated carbocycles. The maximum atomic E-state index is 5.76. The molecule has 3 nitrogen and oxygen atoms in total. The van der Waals surface area contributed by atoms with Crippen molar-refractivity contribution in [2.45, 2.75) is 152 Å². The molecular formula is C32H67N3. The highest BCUT2D eigenvalue weighted by atomic mass is 14.7. The van der Waals surface area contributed by atoms with E-state index >= 15 is 0 Å². The Morgan fingerprint density at radius 3 is 1.49 bits per heavy atom. The summed E-state index contributed by atoms with van der Waals surface area (Å²) >= 11 is 0. The summed E-state index contributed by atoms with van der Waals surface area (Å²) < 4.78 is 0. The van der Waals surface area contributed by atoms with E-state index in [1.54, 1.807) is 7.05 Å². The molecule has 0 unspecified atom stereocenters. The third-order valence-corrected chi connectivity index (χ3v) is 6.15. The average Bonchev–Trinajstić information content (AvgIpc) is 2.87. The first kappa shape index (κ1) is 40.8. The summed E-state index contributed by atoms with van der Waals surface area (Å²) in [4.78, 5) is 3.98. The molecule has 0 aromatic rings. The summed E-state index contributed by atoms with van der Waals surface area (Å²) in [6.07, 6.45) is 16.0. The lowest BCUT2D eigenvalue weighted by molar-refractivity contribution is 0.319. The van der Waals surface area contributed by atoms with Gasteiger partial charge in [-0.25, -0.2) is 0 Å². The molecule has 210 valence electrons. The van der Waals surface area contributed by atoms with Crippen LogP contribution in [-0.4, -0.2) is 18.8 Å². The second kappa shape index (κ2) is 30.7. The summed E-state index contributed by atoms with van der Waals surface area (Å²) in [5.74, 6) is 0.991. The molecule has 3 heteroatoms. The van der Waals surface area contributed by atoms with E-state index in [0.29, 0.717) is 6.04 Å². The van der Waals surface area contributed by atoms with E-state index < -0.39 is 0 Å². The fourth-order valence-corrected chi connectivity index (χ4v) is 3.20. The maximum absolute atomic E-state index is 5.76. The van der Waals surface area contributed by atoms with Crippen molar-refractivity contribution in [1.82, 2.24) is 0 Å². The van der Waals surface area contributed by atoms with Crippen LogP contribution >= 0.6 is 0 Å². The van der Waals surface area contributed by atoms with Crippen molar-refractivity contribution in [2.24, 2.45) is 22.4 Å². The number of hydrogen-bond donors (Lipinski definition) is 2. The molecule has 1 aliphatic rings. The monoisotopic (exact) mass is 494 g/mol. The predicted octanol–water partition coefficient (Wildman–Crippen LogP) is 10.2. The van der Waals surface area contributed by atoms with Crippen molar-refractivity contribution in [3.05, 3.63) is 35.6 Å². The van der Waals surface area contributed by atoms with E-state index in [4.69, 9.17) is 11.5 Å². The minimum absolute atomic E-state index is 0.521. The number of allylic oxidation sites excluding steroid dienone is 4. The van der Waals surface area contributed by atoms with Crippen molar-refractivity contribution in [1.29, 1.82) is 0 Å². The van der Waals surface area contributed by atoms with Gasteiger partial charge in [0.2, 0.25) is 0 Å². The molecule has 1 aliphatic carbocycles. The van der Waals surface area contributed by atoms with Crippen LogP contribution in [0.4, 0.5) is 0 Å². The van der Waals surface area contributed by atoms with Crippen LogP contribution in [0.3, 0.4) is 0 Å². The molecule has 0 heterocycles. The van der Waals surface area contributed by atoms with E-state index in [1.807, 2.05) is 34.6 Å². The standard InChI is InChI=1S/C9H16N2.C8H17N.C7H14.C6H14.C2H6/c1-6(2)7(3)9(10)8(4)11-5;1-2-7-3-5-8(9)6-4-7;1-4-5-6-7(2)3;1-3-5-6-4-2;1-2/h1,10H2,2-5H3;7-8H,2-6,9H2,1H3;2,4-6H2,1,3H3;3-6H2,1-2H3;1-2H3/b9-7+,11-8?;;;;. The van der Waals surface area contributed by atoms with E-state index in [-0.39, 0.29) is 0 Å². The summed E-state index contributed by atoms with van der Waals surface area (Å²) in [6, 6.07) is 0.521. The number of rotatable bonds is 9. The molecule has 1 rings (SSSR count). The van der Waals surface area contributed by atoms with Gasteiger partial charge in [-0.2, -0.15) is 0 Å². The maximum Gasteiger partial charge on any atom is 0.0557 e. The highest BCUT2D eigenvalue weighted by molar-refractivity contribution is 5.98. The lowest BCUT2D eigenvalue weighted by Crippen LogP contribution is -2.26. The van der Waals surface area contributed by atoms with Crippen molar-refractivity contribution < 1.29 is 0 Å². The van der Waals surface area contributed by atoms with Crippen molar-refractivity contribution >= 4 is 5.71 Å². The Balaban J connectivity index is -0.000000183. The molecule has 0 aromatic heterocycles. The van der Waals surface area contributed by atoms with Gasteiger partial charge in [-0.05, 0) is 77.7 Å². The zero-order chi connectivity index (χ0) is 28.2. The molecule has 35 heavy (non-hydrogen) atoms. The van der Waals surface area contributed by atoms with Gasteiger partial charge in [-0.1, -0.05) is 97.8 Å². The van der Waals surface area contributed by atoms with Gasteiger partial charge in [0.1, 0.15) is 0 Å². The van der Waals surface area contributed by atoms with E-state index in [2.05, 4.69) is 52.8 Å². The number of nitrogens with two attached hydrogens (primary N) is 2. The summed E-state index contributed by atoms with van der Waals surface area (Å²) in [5, 5.41) is 0. The number of aliphatic imine (C=N–C) groups is 1. The van der Waals surface area contributed by atoms with Gasteiger partial charge in [0.15, 0.2) is 0 Å². The van der Waals surface area contributed by atoms with Gasteiger partial charge in [-0.15, -0.1) is 6.58 Å². The molecule has 0 radical (unpaired) electrons. The fraction of sp³-hybridized carbons (Fsp3) is 0.781. The Kier molecular flexibility index (Phi) is 35.8. The molecule has 0 aliphatic heterocycles. The topological polar surface area (TPSA) is 64.4 Å². The first-order valence-corrected chi connectivity index (χ1v) is 14.5. The summed E-state index contributed by atoms with van der Waals surface area (Å²) in [7, 11) is 1.73. The number of nitrogens with zero attached hydrogens (tertiary/aromatic N) is 1. The second-order valence-corrected chi connectivity index (χ2v) is 9.58. The third kappa shape index (κ3) is 30.6. The predicted molar refractivity (Wildman–Crippen MR) is 166 cm³/mol. The highest BCUT2D eigenvalue weighted by Crippen LogP contribution is 2.25. The molecule has 0 bridgehead atoms. The van der Waals surface area contributed by atoms with Crippen LogP contribution in [-0.2, 0) is 0 Å².